The van der Waals surface area contributed by atoms with Gasteiger partial charge in [0.25, 0.3) is 5.91 Å². The number of carbonyl (C=O) groups is 1. The molecular formula is C12H16N2O2. The number of rotatable bonds is 1. The summed E-state index contributed by atoms with van der Waals surface area (Å²) in [6, 6.07) is 3.11. The van der Waals surface area contributed by atoms with Gasteiger partial charge < -0.3 is 10.0 Å². The van der Waals surface area contributed by atoms with Crippen molar-refractivity contribution >= 4 is 5.91 Å². The molecule has 0 radical (unpaired) electrons. The summed E-state index contributed by atoms with van der Waals surface area (Å²) in [5, 5.41) is 9.55. The van der Waals surface area contributed by atoms with Gasteiger partial charge >= 0.3 is 0 Å². The third-order valence-corrected chi connectivity index (χ3v) is 3.06. The van der Waals surface area contributed by atoms with Crippen LogP contribution in [0.2, 0.25) is 0 Å². The van der Waals surface area contributed by atoms with Crippen molar-refractivity contribution in [2.24, 2.45) is 5.92 Å². The summed E-state index contributed by atoms with van der Waals surface area (Å²) in [6.45, 7) is 3.71. The molecule has 1 aromatic rings. The number of hydrogen-bond acceptors (Lipinski definition) is 3. The lowest BCUT2D eigenvalue weighted by Gasteiger charge is -2.30. The minimum Gasteiger partial charge on any atom is -0.505 e. The lowest BCUT2D eigenvalue weighted by Crippen LogP contribution is -2.38. The first-order valence-corrected chi connectivity index (χ1v) is 5.61. The highest BCUT2D eigenvalue weighted by Gasteiger charge is 2.23. The third kappa shape index (κ3) is 2.15. The maximum absolute atomic E-state index is 12.0. The van der Waals surface area contributed by atoms with Crippen LogP contribution < -0.4 is 0 Å². The van der Waals surface area contributed by atoms with E-state index in [1.165, 1.54) is 12.3 Å². The first kappa shape index (κ1) is 10.9. The summed E-state index contributed by atoms with van der Waals surface area (Å²) < 4.78 is 0. The van der Waals surface area contributed by atoms with Gasteiger partial charge in [0.2, 0.25) is 0 Å². The molecule has 86 valence electrons. The SMILES string of the molecule is CC1CCN(C(=O)c2ncccc2O)CC1. The lowest BCUT2D eigenvalue weighted by molar-refractivity contribution is 0.0688. The second kappa shape index (κ2) is 4.51. The molecule has 1 saturated heterocycles. The van der Waals surface area contributed by atoms with E-state index in [9.17, 15) is 9.90 Å². The van der Waals surface area contributed by atoms with E-state index in [1.807, 2.05) is 0 Å². The monoisotopic (exact) mass is 220 g/mol. The van der Waals surface area contributed by atoms with Crippen LogP contribution in [0.4, 0.5) is 0 Å². The highest BCUT2D eigenvalue weighted by atomic mass is 16.3. The third-order valence-electron chi connectivity index (χ3n) is 3.06. The number of aromatic hydroxyl groups is 1. The van der Waals surface area contributed by atoms with E-state index in [0.717, 1.165) is 25.9 Å². The van der Waals surface area contributed by atoms with Crippen LogP contribution in [0.1, 0.15) is 30.3 Å². The van der Waals surface area contributed by atoms with Gasteiger partial charge in [-0.25, -0.2) is 4.98 Å². The summed E-state index contributed by atoms with van der Waals surface area (Å²) in [4.78, 5) is 17.7. The quantitative estimate of drug-likeness (QED) is 0.783. The number of piperidine rings is 1. The topological polar surface area (TPSA) is 53.4 Å². The fourth-order valence-electron chi connectivity index (χ4n) is 1.92. The molecule has 2 rings (SSSR count). The van der Waals surface area contributed by atoms with E-state index in [4.69, 9.17) is 0 Å². The molecule has 1 fully saturated rings. The first-order chi connectivity index (χ1) is 7.68. The molecule has 16 heavy (non-hydrogen) atoms. The number of likely N-dealkylation sites (tertiary alicyclic amines) is 1. The van der Waals surface area contributed by atoms with E-state index >= 15 is 0 Å². The summed E-state index contributed by atoms with van der Waals surface area (Å²) in [6.07, 6.45) is 3.58. The predicted octanol–water partition coefficient (Wildman–Crippen LogP) is 1.66. The van der Waals surface area contributed by atoms with Crippen LogP contribution in [-0.4, -0.2) is 34.0 Å². The van der Waals surface area contributed by atoms with E-state index in [0.29, 0.717) is 5.92 Å². The van der Waals surface area contributed by atoms with Gasteiger partial charge in [-0.2, -0.15) is 0 Å². The average Bonchev–Trinajstić information content (AvgIpc) is 2.30. The summed E-state index contributed by atoms with van der Waals surface area (Å²) in [5.74, 6) is 0.484. The molecular weight excluding hydrogens is 204 g/mol. The zero-order chi connectivity index (χ0) is 11.5. The molecule has 4 nitrogen and oxygen atoms in total. The molecule has 0 saturated carbocycles. The Morgan fingerprint density at radius 3 is 2.81 bits per heavy atom. The molecule has 1 aliphatic heterocycles. The van der Waals surface area contributed by atoms with Crippen molar-refractivity contribution in [3.05, 3.63) is 24.0 Å². The van der Waals surface area contributed by atoms with Crippen LogP contribution in [0.5, 0.6) is 5.75 Å². The number of aromatic nitrogens is 1. The Bertz CT molecular complexity index is 384. The molecule has 0 bridgehead atoms. The van der Waals surface area contributed by atoms with Crippen LogP contribution in [0.3, 0.4) is 0 Å². The van der Waals surface area contributed by atoms with Gasteiger partial charge in [-0.3, -0.25) is 4.79 Å². The van der Waals surface area contributed by atoms with Crippen LogP contribution in [0.15, 0.2) is 18.3 Å². The average molecular weight is 220 g/mol. The Hall–Kier alpha value is -1.58. The second-order valence-corrected chi connectivity index (χ2v) is 4.35. The molecule has 0 spiro atoms. The predicted molar refractivity (Wildman–Crippen MR) is 60.2 cm³/mol. The number of hydrogen-bond donors (Lipinski definition) is 1. The van der Waals surface area contributed by atoms with Gasteiger partial charge in [-0.15, -0.1) is 0 Å². The largest absolute Gasteiger partial charge is 0.505 e. The Kier molecular flexibility index (Phi) is 3.08. The van der Waals surface area contributed by atoms with Crippen molar-refractivity contribution in [3.8, 4) is 5.75 Å². The fraction of sp³-hybridized carbons (Fsp3) is 0.500. The van der Waals surface area contributed by atoms with Gasteiger partial charge in [-0.1, -0.05) is 6.92 Å². The fourth-order valence-corrected chi connectivity index (χ4v) is 1.92. The molecule has 1 amide bonds. The van der Waals surface area contributed by atoms with Crippen LogP contribution in [0.25, 0.3) is 0 Å². The lowest BCUT2D eigenvalue weighted by atomic mass is 9.99. The van der Waals surface area contributed by atoms with Gasteiger partial charge in [0, 0.05) is 19.3 Å². The second-order valence-electron chi connectivity index (χ2n) is 4.35. The van der Waals surface area contributed by atoms with Crippen LogP contribution in [0, 0.1) is 5.92 Å². The van der Waals surface area contributed by atoms with E-state index in [-0.39, 0.29) is 17.4 Å². The Morgan fingerprint density at radius 1 is 1.50 bits per heavy atom. The van der Waals surface area contributed by atoms with Crippen molar-refractivity contribution < 1.29 is 9.90 Å². The van der Waals surface area contributed by atoms with Crippen molar-refractivity contribution in [1.82, 2.24) is 9.88 Å². The smallest absolute Gasteiger partial charge is 0.276 e. The minimum absolute atomic E-state index is 0.0360. The molecule has 0 aliphatic carbocycles. The van der Waals surface area contributed by atoms with Crippen LogP contribution >= 0.6 is 0 Å². The van der Waals surface area contributed by atoms with Gasteiger partial charge in [0.05, 0.1) is 0 Å². The number of pyridine rings is 1. The number of carbonyl (C=O) groups excluding carboxylic acids is 1. The summed E-state index contributed by atoms with van der Waals surface area (Å²) in [5.41, 5.74) is 0.164. The maximum atomic E-state index is 12.0. The zero-order valence-corrected chi connectivity index (χ0v) is 9.39. The zero-order valence-electron chi connectivity index (χ0n) is 9.39. The Balaban J connectivity index is 2.11. The normalized spacial score (nSPS) is 17.4. The van der Waals surface area contributed by atoms with Gasteiger partial charge in [-0.05, 0) is 30.9 Å². The Morgan fingerprint density at radius 2 is 2.19 bits per heavy atom. The van der Waals surface area contributed by atoms with Crippen molar-refractivity contribution in [2.75, 3.05) is 13.1 Å². The Labute approximate surface area is 94.9 Å². The molecule has 4 heteroatoms. The summed E-state index contributed by atoms with van der Waals surface area (Å²) >= 11 is 0. The van der Waals surface area contributed by atoms with Gasteiger partial charge in [0.15, 0.2) is 5.69 Å². The highest BCUT2D eigenvalue weighted by Crippen LogP contribution is 2.20. The molecule has 0 atom stereocenters. The minimum atomic E-state index is -0.162. The van der Waals surface area contributed by atoms with Crippen molar-refractivity contribution in [2.45, 2.75) is 19.8 Å². The standard InChI is InChI=1S/C12H16N2O2/c1-9-4-7-14(8-5-9)12(16)11-10(15)3-2-6-13-11/h2-3,6,9,15H,4-5,7-8H2,1H3. The molecule has 2 heterocycles. The number of nitrogens with zero attached hydrogens (tertiary/aromatic N) is 2. The first-order valence-electron chi connectivity index (χ1n) is 5.61. The molecule has 0 unspecified atom stereocenters. The molecule has 1 aromatic heterocycles. The molecule has 0 aromatic carbocycles. The maximum Gasteiger partial charge on any atom is 0.276 e. The highest BCUT2D eigenvalue weighted by molar-refractivity contribution is 5.94. The van der Waals surface area contributed by atoms with E-state index in [1.54, 1.807) is 11.0 Å². The van der Waals surface area contributed by atoms with Crippen molar-refractivity contribution in [1.29, 1.82) is 0 Å². The summed E-state index contributed by atoms with van der Waals surface area (Å²) in [7, 11) is 0. The van der Waals surface area contributed by atoms with E-state index < -0.39 is 0 Å². The number of amides is 1. The molecule has 1 aliphatic rings. The molecule has 1 N–H and O–H groups in total. The van der Waals surface area contributed by atoms with E-state index in [2.05, 4.69) is 11.9 Å². The van der Waals surface area contributed by atoms with Crippen molar-refractivity contribution in [3.63, 3.8) is 0 Å². The van der Waals surface area contributed by atoms with Gasteiger partial charge in [0.1, 0.15) is 5.75 Å². The van der Waals surface area contributed by atoms with Crippen LogP contribution in [-0.2, 0) is 0 Å².